The summed E-state index contributed by atoms with van der Waals surface area (Å²) in [5.74, 6) is 0.844. The number of hydrogen-bond donors (Lipinski definition) is 3. The molecule has 3 aromatic rings. The Morgan fingerprint density at radius 2 is 1.85 bits per heavy atom. The minimum absolute atomic E-state index is 0.160. The van der Waals surface area contributed by atoms with Crippen LogP contribution in [0.4, 0.5) is 10.5 Å². The van der Waals surface area contributed by atoms with Gasteiger partial charge in [-0.25, -0.2) is 14.6 Å². The van der Waals surface area contributed by atoms with E-state index in [2.05, 4.69) is 22.1 Å². The number of aromatic nitrogens is 2. The zero-order chi connectivity index (χ0) is 27.8. The predicted molar refractivity (Wildman–Crippen MR) is 154 cm³/mol. The number of carboxylic acid groups (broad SMARTS) is 1. The van der Waals surface area contributed by atoms with Crippen LogP contribution in [0.2, 0.25) is 0 Å². The number of imidazole rings is 1. The highest BCUT2D eigenvalue weighted by Crippen LogP contribution is 2.25. The van der Waals surface area contributed by atoms with Crippen LogP contribution in [0.3, 0.4) is 0 Å². The lowest BCUT2D eigenvalue weighted by Gasteiger charge is -2.22. The van der Waals surface area contributed by atoms with Crippen LogP contribution in [-0.4, -0.2) is 38.8 Å². The van der Waals surface area contributed by atoms with Gasteiger partial charge in [-0.2, -0.15) is 0 Å². The smallest absolute Gasteiger partial charge is 0.344 e. The lowest BCUT2D eigenvalue weighted by molar-refractivity contribution is -0.145. The number of nitrogens with zero attached hydrogens (tertiary/aromatic N) is 2. The molecule has 39 heavy (non-hydrogen) atoms. The molecule has 4 rings (SSSR count). The molecule has 2 amide bonds. The second-order valence-electron chi connectivity index (χ2n) is 11.1. The van der Waals surface area contributed by atoms with Crippen molar-refractivity contribution >= 4 is 28.7 Å². The summed E-state index contributed by atoms with van der Waals surface area (Å²) < 4.78 is 7.99. The predicted octanol–water partition coefficient (Wildman–Crippen LogP) is 6.76. The molecule has 1 aliphatic rings. The highest BCUT2D eigenvalue weighted by atomic mass is 16.5. The average molecular weight is 535 g/mol. The van der Waals surface area contributed by atoms with Gasteiger partial charge in [-0.05, 0) is 67.5 Å². The molecule has 0 radical (unpaired) electrons. The van der Waals surface area contributed by atoms with Gasteiger partial charge in [0.15, 0.2) is 6.10 Å². The number of hydrogen-bond acceptors (Lipinski definition) is 4. The van der Waals surface area contributed by atoms with E-state index in [9.17, 15) is 14.7 Å². The fraction of sp³-hybridized carbons (Fsp3) is 0.516. The van der Waals surface area contributed by atoms with Crippen molar-refractivity contribution in [2.45, 2.75) is 97.2 Å². The number of benzene rings is 2. The maximum absolute atomic E-state index is 12.6. The maximum Gasteiger partial charge on any atom is 0.344 e. The van der Waals surface area contributed by atoms with Crippen molar-refractivity contribution in [2.75, 3.05) is 5.32 Å². The Morgan fingerprint density at radius 3 is 2.51 bits per heavy atom. The molecule has 1 fully saturated rings. The number of aliphatic carboxylic acids is 1. The molecule has 3 N–H and O–H groups in total. The molecular formula is C31H42N4O4. The normalized spacial score (nSPS) is 14.9. The van der Waals surface area contributed by atoms with Crippen molar-refractivity contribution in [1.82, 2.24) is 14.9 Å². The van der Waals surface area contributed by atoms with Crippen LogP contribution >= 0.6 is 0 Å². The second-order valence-corrected chi connectivity index (χ2v) is 11.1. The first-order chi connectivity index (χ1) is 18.8. The molecule has 1 aromatic heterocycles. The van der Waals surface area contributed by atoms with Crippen molar-refractivity contribution in [3.05, 3.63) is 53.9 Å². The third-order valence-corrected chi connectivity index (χ3v) is 7.28. The molecule has 1 aliphatic carbocycles. The monoisotopic (exact) mass is 534 g/mol. The molecule has 1 atom stereocenters. The Hall–Kier alpha value is -3.55. The molecule has 1 unspecified atom stereocenters. The number of carbonyl (C=O) groups excluding carboxylic acids is 1. The summed E-state index contributed by atoms with van der Waals surface area (Å²) in [5, 5.41) is 15.6. The maximum atomic E-state index is 12.6. The average Bonchev–Trinajstić information content (AvgIpc) is 3.24. The molecular weight excluding hydrogens is 492 g/mol. The standard InChI is InChI=1S/C31H42N4O4/c1-4-5-11-29-34-26-19-24(33-31(38)32-23-9-7-6-8-10-23)14-17-27(26)35(29)20-22-12-15-25(16-13-22)39-28(30(36)37)18-21(2)3/h12-17,19,21,23,28H,4-11,18,20H2,1-3H3,(H,36,37)(H2,32,33,38). The van der Waals surface area contributed by atoms with Crippen LogP contribution in [0.5, 0.6) is 5.75 Å². The van der Waals surface area contributed by atoms with Crippen LogP contribution in [0.25, 0.3) is 11.0 Å². The lowest BCUT2D eigenvalue weighted by atomic mass is 9.96. The molecule has 8 nitrogen and oxygen atoms in total. The first-order valence-corrected chi connectivity index (χ1v) is 14.4. The zero-order valence-corrected chi connectivity index (χ0v) is 23.4. The van der Waals surface area contributed by atoms with Crippen molar-refractivity contribution in [3.8, 4) is 5.75 Å². The summed E-state index contributed by atoms with van der Waals surface area (Å²) in [6, 6.07) is 13.6. The van der Waals surface area contributed by atoms with E-state index in [0.29, 0.717) is 18.7 Å². The number of rotatable bonds is 12. The van der Waals surface area contributed by atoms with Crippen LogP contribution in [0.1, 0.15) is 83.5 Å². The number of carboxylic acids is 1. The van der Waals surface area contributed by atoms with Gasteiger partial charge in [-0.15, -0.1) is 0 Å². The molecule has 210 valence electrons. The quantitative estimate of drug-likeness (QED) is 0.238. The number of carbonyl (C=O) groups is 2. The second kappa shape index (κ2) is 13.5. The van der Waals surface area contributed by atoms with E-state index in [4.69, 9.17) is 9.72 Å². The molecule has 1 saturated carbocycles. The zero-order valence-electron chi connectivity index (χ0n) is 23.4. The lowest BCUT2D eigenvalue weighted by Crippen LogP contribution is -2.38. The third kappa shape index (κ3) is 7.97. The summed E-state index contributed by atoms with van der Waals surface area (Å²) in [7, 11) is 0. The van der Waals surface area contributed by atoms with Crippen molar-refractivity contribution in [1.29, 1.82) is 0 Å². The molecule has 0 bridgehead atoms. The van der Waals surface area contributed by atoms with Crippen molar-refractivity contribution < 1.29 is 19.4 Å². The highest BCUT2D eigenvalue weighted by molar-refractivity contribution is 5.92. The van der Waals surface area contributed by atoms with E-state index in [-0.39, 0.29) is 18.0 Å². The molecule has 0 aliphatic heterocycles. The number of anilines is 1. The van der Waals surface area contributed by atoms with Gasteiger partial charge in [0.25, 0.3) is 0 Å². The number of fused-ring (bicyclic) bond motifs is 1. The van der Waals surface area contributed by atoms with Gasteiger partial charge < -0.3 is 25.0 Å². The number of nitrogens with one attached hydrogen (secondary N) is 2. The van der Waals surface area contributed by atoms with Crippen molar-refractivity contribution in [3.63, 3.8) is 0 Å². The van der Waals surface area contributed by atoms with E-state index in [0.717, 1.165) is 60.2 Å². The summed E-state index contributed by atoms with van der Waals surface area (Å²) >= 11 is 0. The van der Waals surface area contributed by atoms with Gasteiger partial charge in [-0.1, -0.05) is 58.6 Å². The summed E-state index contributed by atoms with van der Waals surface area (Å²) in [4.78, 5) is 29.1. The fourth-order valence-electron chi connectivity index (χ4n) is 5.21. The highest BCUT2D eigenvalue weighted by Gasteiger charge is 2.21. The minimum Gasteiger partial charge on any atom is -0.479 e. The van der Waals surface area contributed by atoms with Gasteiger partial charge in [0.1, 0.15) is 11.6 Å². The van der Waals surface area contributed by atoms with Crippen LogP contribution in [0, 0.1) is 5.92 Å². The number of amides is 2. The molecule has 8 heteroatoms. The van der Waals surface area contributed by atoms with Crippen LogP contribution < -0.4 is 15.4 Å². The van der Waals surface area contributed by atoms with Gasteiger partial charge in [0, 0.05) is 24.7 Å². The largest absolute Gasteiger partial charge is 0.479 e. The molecule has 0 spiro atoms. The summed E-state index contributed by atoms with van der Waals surface area (Å²) in [6.07, 6.45) is 8.26. The number of ether oxygens (including phenoxy) is 1. The summed E-state index contributed by atoms with van der Waals surface area (Å²) in [5.41, 5.74) is 3.68. The minimum atomic E-state index is -0.946. The van der Waals surface area contributed by atoms with Gasteiger partial charge >= 0.3 is 12.0 Å². The molecule has 0 saturated heterocycles. The molecule has 2 aromatic carbocycles. The van der Waals surface area contributed by atoms with E-state index >= 15 is 0 Å². The van der Waals surface area contributed by atoms with Gasteiger partial charge in [-0.3, -0.25) is 0 Å². The number of aryl methyl sites for hydroxylation is 1. The van der Waals surface area contributed by atoms with Gasteiger partial charge in [0.2, 0.25) is 0 Å². The van der Waals surface area contributed by atoms with Crippen LogP contribution in [-0.2, 0) is 17.8 Å². The van der Waals surface area contributed by atoms with E-state index in [1.165, 1.54) is 19.3 Å². The Bertz CT molecular complexity index is 1250. The molecule has 1 heterocycles. The first kappa shape index (κ1) is 28.5. The van der Waals surface area contributed by atoms with Gasteiger partial charge in [0.05, 0.1) is 11.0 Å². The first-order valence-electron chi connectivity index (χ1n) is 14.4. The summed E-state index contributed by atoms with van der Waals surface area (Å²) in [6.45, 7) is 6.78. The van der Waals surface area contributed by atoms with Crippen molar-refractivity contribution in [2.24, 2.45) is 5.92 Å². The van der Waals surface area contributed by atoms with E-state index in [1.54, 1.807) is 0 Å². The topological polar surface area (TPSA) is 105 Å². The van der Waals surface area contributed by atoms with E-state index < -0.39 is 12.1 Å². The van der Waals surface area contributed by atoms with Crippen LogP contribution in [0.15, 0.2) is 42.5 Å². The SMILES string of the molecule is CCCCc1nc2cc(NC(=O)NC3CCCCC3)ccc2n1Cc1ccc(OC(CC(C)C)C(=O)O)cc1. The Morgan fingerprint density at radius 1 is 1.10 bits per heavy atom. The third-order valence-electron chi connectivity index (χ3n) is 7.28. The number of urea groups is 1. The number of unbranched alkanes of at least 4 members (excludes halogenated alkanes) is 1. The Labute approximate surface area is 231 Å². The fourth-order valence-corrected chi connectivity index (χ4v) is 5.21. The Kier molecular flexibility index (Phi) is 9.85. The van der Waals surface area contributed by atoms with E-state index in [1.807, 2.05) is 56.3 Å². The Balaban J connectivity index is 1.48.